The Bertz CT molecular complexity index is 467. The maximum Gasteiger partial charge on any atom is 0.252 e. The first-order chi connectivity index (χ1) is 9.10. The Morgan fingerprint density at radius 3 is 3.05 bits per heavy atom. The highest BCUT2D eigenvalue weighted by molar-refractivity contribution is 7.80. The molecule has 1 N–H and O–H groups in total. The zero-order chi connectivity index (χ0) is 13.8. The van der Waals surface area contributed by atoms with Crippen LogP contribution in [0.15, 0.2) is 23.1 Å². The largest absolute Gasteiger partial charge is 0.352 e. The van der Waals surface area contributed by atoms with Crippen LogP contribution in [0.1, 0.15) is 23.7 Å². The van der Waals surface area contributed by atoms with E-state index < -0.39 is 0 Å². The van der Waals surface area contributed by atoms with Crippen molar-refractivity contribution in [3.05, 3.63) is 28.8 Å². The molecule has 104 valence electrons. The maximum absolute atomic E-state index is 12.1. The third-order valence-corrected chi connectivity index (χ3v) is 4.17. The van der Waals surface area contributed by atoms with Crippen molar-refractivity contribution in [3.8, 4) is 0 Å². The molecule has 1 amide bonds. The topological polar surface area (TPSA) is 32.3 Å². The van der Waals surface area contributed by atoms with Crippen LogP contribution in [0.5, 0.6) is 0 Å². The molecular weight excluding hydrogens is 280 g/mol. The van der Waals surface area contributed by atoms with Gasteiger partial charge < -0.3 is 10.2 Å². The Morgan fingerprint density at radius 2 is 2.37 bits per heavy atom. The molecule has 1 aliphatic heterocycles. The van der Waals surface area contributed by atoms with Crippen LogP contribution in [0.3, 0.4) is 0 Å². The first-order valence-corrected chi connectivity index (χ1v) is 7.41. The van der Waals surface area contributed by atoms with E-state index in [2.05, 4.69) is 29.8 Å². The molecule has 0 spiro atoms. The Balaban J connectivity index is 1.89. The average Bonchev–Trinajstić information content (AvgIpc) is 2.87. The number of amides is 1. The number of likely N-dealkylation sites (tertiary alicyclic amines) is 1. The maximum atomic E-state index is 12.1. The molecule has 0 bridgehead atoms. The third-order valence-electron chi connectivity index (χ3n) is 3.56. The average molecular weight is 299 g/mol. The second-order valence-electron chi connectivity index (χ2n) is 4.92. The highest BCUT2D eigenvalue weighted by Gasteiger charge is 2.22. The number of hydrogen-bond donors (Lipinski definition) is 2. The molecule has 1 heterocycles. The standard InChI is InChI=1S/C14H19ClN2OS/c1-2-17-6-5-10(9-17)8-16-14(18)12-7-11(19)3-4-13(12)15/h3-4,7,10,19H,2,5-6,8-9H2,1H3,(H,16,18). The fraction of sp³-hybridized carbons (Fsp3) is 0.500. The molecule has 19 heavy (non-hydrogen) atoms. The zero-order valence-electron chi connectivity index (χ0n) is 11.0. The second-order valence-corrected chi connectivity index (χ2v) is 5.85. The Labute approximate surface area is 124 Å². The number of halogens is 1. The molecule has 0 saturated carbocycles. The summed E-state index contributed by atoms with van der Waals surface area (Å²) in [5.41, 5.74) is 0.500. The normalized spacial score (nSPS) is 19.6. The molecule has 1 fully saturated rings. The minimum atomic E-state index is -0.115. The van der Waals surface area contributed by atoms with Gasteiger partial charge in [-0.25, -0.2) is 0 Å². The van der Waals surface area contributed by atoms with E-state index in [-0.39, 0.29) is 5.91 Å². The third kappa shape index (κ3) is 3.88. The molecule has 0 aliphatic carbocycles. The Morgan fingerprint density at radius 1 is 1.58 bits per heavy atom. The Hall–Kier alpha value is -0.710. The summed E-state index contributed by atoms with van der Waals surface area (Å²) in [7, 11) is 0. The lowest BCUT2D eigenvalue weighted by atomic mass is 10.1. The molecule has 1 aliphatic rings. The number of nitrogens with one attached hydrogen (secondary N) is 1. The number of carbonyl (C=O) groups is 1. The first-order valence-electron chi connectivity index (χ1n) is 6.59. The molecule has 1 unspecified atom stereocenters. The second kappa shape index (κ2) is 6.64. The summed E-state index contributed by atoms with van der Waals surface area (Å²) in [6.45, 7) is 6.15. The predicted octanol–water partition coefficient (Wildman–Crippen LogP) is 2.70. The molecule has 1 aromatic rings. The van der Waals surface area contributed by atoms with Gasteiger partial charge in [-0.05, 0) is 43.6 Å². The number of benzene rings is 1. The van der Waals surface area contributed by atoms with Gasteiger partial charge in [-0.15, -0.1) is 12.6 Å². The van der Waals surface area contributed by atoms with Crippen LogP contribution < -0.4 is 5.32 Å². The number of rotatable bonds is 4. The summed E-state index contributed by atoms with van der Waals surface area (Å²) in [5, 5.41) is 3.44. The minimum Gasteiger partial charge on any atom is -0.352 e. The number of thiol groups is 1. The van der Waals surface area contributed by atoms with E-state index in [1.54, 1.807) is 18.2 Å². The minimum absolute atomic E-state index is 0.115. The van der Waals surface area contributed by atoms with Crippen molar-refractivity contribution < 1.29 is 4.79 Å². The molecule has 5 heteroatoms. The zero-order valence-corrected chi connectivity index (χ0v) is 12.7. The van der Waals surface area contributed by atoms with Crippen molar-refractivity contribution in [3.63, 3.8) is 0 Å². The van der Waals surface area contributed by atoms with Crippen molar-refractivity contribution in [2.24, 2.45) is 5.92 Å². The van der Waals surface area contributed by atoms with E-state index in [0.717, 1.165) is 31.0 Å². The van der Waals surface area contributed by atoms with E-state index in [1.807, 2.05) is 0 Å². The summed E-state index contributed by atoms with van der Waals surface area (Å²) < 4.78 is 0. The molecule has 1 atom stereocenters. The van der Waals surface area contributed by atoms with Crippen molar-refractivity contribution >= 4 is 30.1 Å². The number of nitrogens with zero attached hydrogens (tertiary/aromatic N) is 1. The fourth-order valence-corrected chi connectivity index (χ4v) is 2.79. The number of carbonyl (C=O) groups excluding carboxylic acids is 1. The smallest absolute Gasteiger partial charge is 0.252 e. The molecule has 3 nitrogen and oxygen atoms in total. The summed E-state index contributed by atoms with van der Waals surface area (Å²) in [6.07, 6.45) is 1.15. The highest BCUT2D eigenvalue weighted by atomic mass is 35.5. The quantitative estimate of drug-likeness (QED) is 0.838. The van der Waals surface area contributed by atoms with E-state index in [0.29, 0.717) is 23.0 Å². The van der Waals surface area contributed by atoms with Crippen molar-refractivity contribution in [2.45, 2.75) is 18.2 Å². The van der Waals surface area contributed by atoms with E-state index in [1.165, 1.54) is 0 Å². The summed E-state index contributed by atoms with van der Waals surface area (Å²) >= 11 is 10.3. The fourth-order valence-electron chi connectivity index (χ4n) is 2.39. The van der Waals surface area contributed by atoms with Gasteiger partial charge in [0, 0.05) is 18.0 Å². The van der Waals surface area contributed by atoms with Crippen LogP contribution in [0.2, 0.25) is 5.02 Å². The molecular formula is C14H19ClN2OS. The monoisotopic (exact) mass is 298 g/mol. The van der Waals surface area contributed by atoms with Gasteiger partial charge in [-0.3, -0.25) is 4.79 Å². The van der Waals surface area contributed by atoms with Crippen LogP contribution in [0, 0.1) is 5.92 Å². The first kappa shape index (κ1) is 14.7. The SMILES string of the molecule is CCN1CCC(CNC(=O)c2cc(S)ccc2Cl)C1. The van der Waals surface area contributed by atoms with Crippen LogP contribution in [-0.2, 0) is 0 Å². The molecule has 1 aromatic carbocycles. The van der Waals surface area contributed by atoms with Gasteiger partial charge in [0.25, 0.3) is 5.91 Å². The van der Waals surface area contributed by atoms with Gasteiger partial charge in [0.05, 0.1) is 10.6 Å². The summed E-state index contributed by atoms with van der Waals surface area (Å²) in [5.74, 6) is 0.428. The van der Waals surface area contributed by atoms with Gasteiger partial charge in [0.2, 0.25) is 0 Å². The lowest BCUT2D eigenvalue weighted by Gasteiger charge is -2.14. The lowest BCUT2D eigenvalue weighted by Crippen LogP contribution is -2.31. The van der Waals surface area contributed by atoms with Gasteiger partial charge >= 0.3 is 0 Å². The van der Waals surface area contributed by atoms with Crippen LogP contribution in [0.25, 0.3) is 0 Å². The molecule has 0 radical (unpaired) electrons. The molecule has 2 rings (SSSR count). The van der Waals surface area contributed by atoms with E-state index >= 15 is 0 Å². The Kier molecular flexibility index (Phi) is 5.13. The van der Waals surface area contributed by atoms with Gasteiger partial charge in [-0.2, -0.15) is 0 Å². The summed E-state index contributed by atoms with van der Waals surface area (Å²) in [4.78, 5) is 15.2. The lowest BCUT2D eigenvalue weighted by molar-refractivity contribution is 0.0947. The number of hydrogen-bond acceptors (Lipinski definition) is 3. The van der Waals surface area contributed by atoms with Gasteiger partial charge in [0.1, 0.15) is 0 Å². The van der Waals surface area contributed by atoms with Crippen molar-refractivity contribution in [1.29, 1.82) is 0 Å². The van der Waals surface area contributed by atoms with Gasteiger partial charge in [0.15, 0.2) is 0 Å². The van der Waals surface area contributed by atoms with E-state index in [9.17, 15) is 4.79 Å². The van der Waals surface area contributed by atoms with Crippen molar-refractivity contribution in [2.75, 3.05) is 26.2 Å². The van der Waals surface area contributed by atoms with E-state index in [4.69, 9.17) is 11.6 Å². The van der Waals surface area contributed by atoms with Crippen LogP contribution in [0.4, 0.5) is 0 Å². The molecule has 1 saturated heterocycles. The van der Waals surface area contributed by atoms with Gasteiger partial charge in [-0.1, -0.05) is 18.5 Å². The molecule has 0 aromatic heterocycles. The van der Waals surface area contributed by atoms with Crippen molar-refractivity contribution in [1.82, 2.24) is 10.2 Å². The van der Waals surface area contributed by atoms with Crippen LogP contribution in [-0.4, -0.2) is 37.0 Å². The summed E-state index contributed by atoms with van der Waals surface area (Å²) in [6, 6.07) is 5.18. The highest BCUT2D eigenvalue weighted by Crippen LogP contribution is 2.20. The predicted molar refractivity (Wildman–Crippen MR) is 81.3 cm³/mol. The van der Waals surface area contributed by atoms with Crippen LogP contribution >= 0.6 is 24.2 Å².